The van der Waals surface area contributed by atoms with Crippen LogP contribution >= 0.6 is 0 Å². The topological polar surface area (TPSA) is 113 Å². The quantitative estimate of drug-likeness (QED) is 0.401. The fourth-order valence-electron chi connectivity index (χ4n) is 3.69. The van der Waals surface area contributed by atoms with E-state index in [-0.39, 0.29) is 22.7 Å². The Morgan fingerprint density at radius 3 is 2.42 bits per heavy atom. The number of benzene rings is 2. The number of carbonyl (C=O) groups is 2. The van der Waals surface area contributed by atoms with Gasteiger partial charge in [-0.25, -0.2) is 9.59 Å². The Morgan fingerprint density at radius 2 is 1.72 bits per heavy atom. The van der Waals surface area contributed by atoms with E-state index in [1.54, 1.807) is 52.8 Å². The predicted octanol–water partition coefficient (Wildman–Crippen LogP) is 4.69. The lowest BCUT2D eigenvalue weighted by Crippen LogP contribution is -2.48. The number of rotatable bonds is 5. The van der Waals surface area contributed by atoms with Gasteiger partial charge in [-0.3, -0.25) is 4.79 Å². The van der Waals surface area contributed by atoms with Gasteiger partial charge in [0.15, 0.2) is 16.9 Å². The molecule has 0 aliphatic carbocycles. The summed E-state index contributed by atoms with van der Waals surface area (Å²) >= 11 is 0. The molecule has 2 heterocycles. The molecular weight excluding hydrogens is 466 g/mol. The van der Waals surface area contributed by atoms with Crippen molar-refractivity contribution in [3.05, 3.63) is 52.9 Å². The van der Waals surface area contributed by atoms with Crippen LogP contribution in [0.2, 0.25) is 0 Å². The molecule has 0 fully saturated rings. The minimum Gasteiger partial charge on any atom is -0.486 e. The van der Waals surface area contributed by atoms with Crippen molar-refractivity contribution in [2.75, 3.05) is 13.2 Å². The highest BCUT2D eigenvalue weighted by Crippen LogP contribution is 2.34. The molecule has 190 valence electrons. The lowest BCUT2D eigenvalue weighted by molar-refractivity contribution is -0.137. The molecule has 1 aromatic heterocycles. The van der Waals surface area contributed by atoms with Gasteiger partial charge in [0.2, 0.25) is 0 Å². The summed E-state index contributed by atoms with van der Waals surface area (Å²) in [6, 6.07) is 8.85. The third-order valence-corrected chi connectivity index (χ3v) is 5.41. The zero-order valence-corrected chi connectivity index (χ0v) is 20.9. The molecule has 0 saturated carbocycles. The molecule has 1 aliphatic rings. The molecule has 3 aromatic rings. The van der Waals surface area contributed by atoms with Gasteiger partial charge in [-0.1, -0.05) is 19.9 Å². The van der Waals surface area contributed by atoms with Gasteiger partial charge in [0.1, 0.15) is 42.5 Å². The number of carbonyl (C=O) groups excluding carboxylic acids is 2. The molecule has 1 aliphatic heterocycles. The van der Waals surface area contributed by atoms with E-state index in [1.165, 1.54) is 24.5 Å². The van der Waals surface area contributed by atoms with E-state index in [0.717, 1.165) is 0 Å². The van der Waals surface area contributed by atoms with Crippen LogP contribution in [0.5, 0.6) is 17.2 Å². The maximum absolute atomic E-state index is 13.2. The second-order valence-corrected chi connectivity index (χ2v) is 9.78. The maximum atomic E-state index is 13.2. The molecule has 9 nitrogen and oxygen atoms in total. The summed E-state index contributed by atoms with van der Waals surface area (Å²) < 4.78 is 27.6. The van der Waals surface area contributed by atoms with E-state index in [1.807, 2.05) is 0 Å². The van der Waals surface area contributed by atoms with Crippen LogP contribution < -0.4 is 25.0 Å². The first-order chi connectivity index (χ1) is 17.0. The molecule has 36 heavy (non-hydrogen) atoms. The van der Waals surface area contributed by atoms with Gasteiger partial charge in [0.25, 0.3) is 0 Å². The van der Waals surface area contributed by atoms with Crippen molar-refractivity contribution >= 4 is 23.0 Å². The standard InChI is InChI=1S/C27H29NO8/c1-15(2)23(28-26(31)36-27(3,4)5)25(30)35-17-7-8-18-21(13-17)34-14-19(24(18)29)16-6-9-20-22(12-16)33-11-10-32-20/h6-9,12-15,23H,10-11H2,1-5H3,(H,28,31)/t23-/m0/s1. The number of hydrogen-bond acceptors (Lipinski definition) is 8. The molecule has 0 saturated heterocycles. The van der Waals surface area contributed by atoms with Crippen molar-refractivity contribution < 1.29 is 33.0 Å². The van der Waals surface area contributed by atoms with Crippen molar-refractivity contribution in [3.63, 3.8) is 0 Å². The fraction of sp³-hybridized carbons (Fsp3) is 0.370. The molecule has 1 atom stereocenters. The predicted molar refractivity (Wildman–Crippen MR) is 133 cm³/mol. The van der Waals surface area contributed by atoms with E-state index in [9.17, 15) is 14.4 Å². The summed E-state index contributed by atoms with van der Waals surface area (Å²) in [7, 11) is 0. The van der Waals surface area contributed by atoms with E-state index >= 15 is 0 Å². The van der Waals surface area contributed by atoms with Crippen LogP contribution in [0.1, 0.15) is 34.6 Å². The molecule has 1 N–H and O–H groups in total. The van der Waals surface area contributed by atoms with Crippen molar-refractivity contribution in [3.8, 4) is 28.4 Å². The number of fused-ring (bicyclic) bond motifs is 2. The van der Waals surface area contributed by atoms with Crippen LogP contribution in [-0.2, 0) is 9.53 Å². The largest absolute Gasteiger partial charge is 0.486 e. The van der Waals surface area contributed by atoms with Gasteiger partial charge in [0.05, 0.1) is 10.9 Å². The van der Waals surface area contributed by atoms with Gasteiger partial charge in [0, 0.05) is 6.07 Å². The first kappa shape index (κ1) is 25.1. The van der Waals surface area contributed by atoms with Crippen molar-refractivity contribution in [1.82, 2.24) is 5.32 Å². The highest BCUT2D eigenvalue weighted by molar-refractivity contribution is 5.86. The Hall–Kier alpha value is -4.01. The average molecular weight is 496 g/mol. The number of esters is 1. The highest BCUT2D eigenvalue weighted by atomic mass is 16.6. The minimum absolute atomic E-state index is 0.180. The molecule has 0 spiro atoms. The average Bonchev–Trinajstić information content (AvgIpc) is 2.81. The molecule has 9 heteroatoms. The zero-order chi connectivity index (χ0) is 26.0. The van der Waals surface area contributed by atoms with Gasteiger partial charge in [-0.2, -0.15) is 0 Å². The molecule has 2 aromatic carbocycles. The van der Waals surface area contributed by atoms with Crippen LogP contribution in [0.15, 0.2) is 51.9 Å². The molecule has 4 rings (SSSR count). The van der Waals surface area contributed by atoms with Crippen molar-refractivity contribution in [2.24, 2.45) is 5.92 Å². The Morgan fingerprint density at radius 1 is 1.00 bits per heavy atom. The van der Waals surface area contributed by atoms with E-state index in [4.69, 9.17) is 23.4 Å². The second kappa shape index (κ2) is 9.93. The fourth-order valence-corrected chi connectivity index (χ4v) is 3.69. The lowest BCUT2D eigenvalue weighted by atomic mass is 10.0. The van der Waals surface area contributed by atoms with Crippen molar-refractivity contribution in [2.45, 2.75) is 46.3 Å². The second-order valence-electron chi connectivity index (χ2n) is 9.78. The maximum Gasteiger partial charge on any atom is 0.408 e. The summed E-state index contributed by atoms with van der Waals surface area (Å²) in [5, 5.41) is 2.89. The van der Waals surface area contributed by atoms with Gasteiger partial charge in [-0.15, -0.1) is 0 Å². The summed E-state index contributed by atoms with van der Waals surface area (Å²) in [6.45, 7) is 9.68. The molecule has 1 amide bonds. The normalized spacial score (nSPS) is 13.8. The van der Waals surface area contributed by atoms with Crippen LogP contribution in [0.3, 0.4) is 0 Å². The Labute approximate surface area is 208 Å². The third kappa shape index (κ3) is 5.62. The zero-order valence-electron chi connectivity index (χ0n) is 20.9. The van der Waals surface area contributed by atoms with E-state index in [0.29, 0.717) is 41.2 Å². The molecule has 0 bridgehead atoms. The minimum atomic E-state index is -0.930. The lowest BCUT2D eigenvalue weighted by Gasteiger charge is -2.24. The number of ether oxygens (including phenoxy) is 4. The summed E-state index contributed by atoms with van der Waals surface area (Å²) in [5.74, 6) is 0.462. The summed E-state index contributed by atoms with van der Waals surface area (Å²) in [4.78, 5) is 38.1. The Kier molecular flexibility index (Phi) is 6.92. The molecular formula is C27H29NO8. The SMILES string of the molecule is CC(C)[C@H](NC(=O)OC(C)(C)C)C(=O)Oc1ccc2c(=O)c(-c3ccc4c(c3)OCCO4)coc2c1. The molecule has 0 radical (unpaired) electrons. The van der Waals surface area contributed by atoms with Crippen LogP contribution in [0.4, 0.5) is 4.79 Å². The van der Waals surface area contributed by atoms with Crippen LogP contribution in [0, 0.1) is 5.92 Å². The van der Waals surface area contributed by atoms with Gasteiger partial charge in [-0.05, 0) is 56.5 Å². The number of alkyl carbamates (subject to hydrolysis) is 1. The van der Waals surface area contributed by atoms with Crippen LogP contribution in [0.25, 0.3) is 22.1 Å². The number of hydrogen-bond donors (Lipinski definition) is 1. The highest BCUT2D eigenvalue weighted by Gasteiger charge is 2.29. The van der Waals surface area contributed by atoms with Crippen LogP contribution in [-0.4, -0.2) is 36.9 Å². The smallest absolute Gasteiger partial charge is 0.408 e. The Balaban J connectivity index is 1.54. The van der Waals surface area contributed by atoms with Gasteiger partial charge >= 0.3 is 12.1 Å². The monoisotopic (exact) mass is 495 g/mol. The number of nitrogens with one attached hydrogen (secondary N) is 1. The third-order valence-electron chi connectivity index (χ3n) is 5.41. The first-order valence-electron chi connectivity index (χ1n) is 11.7. The van der Waals surface area contributed by atoms with Gasteiger partial charge < -0.3 is 28.7 Å². The number of amides is 1. The summed E-state index contributed by atoms with van der Waals surface area (Å²) in [5.41, 5.74) is 0.318. The van der Waals surface area contributed by atoms with E-state index < -0.39 is 23.7 Å². The van der Waals surface area contributed by atoms with E-state index in [2.05, 4.69) is 5.32 Å². The molecule has 0 unspecified atom stereocenters. The Bertz CT molecular complexity index is 1350. The first-order valence-corrected chi connectivity index (χ1v) is 11.7. The van der Waals surface area contributed by atoms with Crippen molar-refractivity contribution in [1.29, 1.82) is 0 Å². The summed E-state index contributed by atoms with van der Waals surface area (Å²) in [6.07, 6.45) is 0.650.